The molecule has 6 heteroatoms. The largest absolute Gasteiger partial charge is 0.465 e. The van der Waals surface area contributed by atoms with Gasteiger partial charge in [0.05, 0.1) is 13.0 Å². The minimum absolute atomic E-state index is 0.0845. The predicted molar refractivity (Wildman–Crippen MR) is 91.2 cm³/mol. The van der Waals surface area contributed by atoms with Crippen LogP contribution in [0.1, 0.15) is 12.5 Å². The first-order chi connectivity index (χ1) is 12.1. The first kappa shape index (κ1) is 17.0. The normalized spacial score (nSPS) is 12.9. The van der Waals surface area contributed by atoms with Crippen molar-refractivity contribution in [2.75, 3.05) is 24.9 Å². The van der Waals surface area contributed by atoms with Crippen molar-refractivity contribution < 1.29 is 23.5 Å². The Hall–Kier alpha value is -2.89. The summed E-state index contributed by atoms with van der Waals surface area (Å²) in [6, 6.07) is 12.7. The maximum atomic E-state index is 12.3. The molecule has 0 bridgehead atoms. The maximum absolute atomic E-state index is 12.3. The summed E-state index contributed by atoms with van der Waals surface area (Å²) in [5.41, 5.74) is 3.33. The van der Waals surface area contributed by atoms with Crippen molar-refractivity contribution in [1.82, 2.24) is 0 Å². The third kappa shape index (κ3) is 3.63. The molecular weight excluding hydrogens is 325 g/mol. The van der Waals surface area contributed by atoms with Gasteiger partial charge in [-0.05, 0) is 47.9 Å². The van der Waals surface area contributed by atoms with Crippen molar-refractivity contribution in [3.63, 3.8) is 0 Å². The van der Waals surface area contributed by atoms with Crippen LogP contribution in [-0.2, 0) is 20.7 Å². The Morgan fingerprint density at radius 1 is 1.20 bits per heavy atom. The molecule has 0 saturated carbocycles. The van der Waals surface area contributed by atoms with Crippen molar-refractivity contribution in [1.29, 1.82) is 0 Å². The number of carbonyl (C=O) groups excluding carboxylic acids is 2. The maximum Gasteiger partial charge on any atom is 0.326 e. The van der Waals surface area contributed by atoms with Gasteiger partial charge in [-0.3, -0.25) is 9.59 Å². The van der Waals surface area contributed by atoms with E-state index >= 15 is 0 Å². The number of ether oxygens (including phenoxy) is 2. The summed E-state index contributed by atoms with van der Waals surface area (Å²) in [7, 11) is 0. The van der Waals surface area contributed by atoms with Crippen LogP contribution in [0.3, 0.4) is 0 Å². The van der Waals surface area contributed by atoms with Gasteiger partial charge >= 0.3 is 5.97 Å². The number of carbonyl (C=O) groups is 2. The lowest BCUT2D eigenvalue weighted by Crippen LogP contribution is -2.33. The van der Waals surface area contributed by atoms with Crippen LogP contribution < -0.4 is 9.64 Å². The molecule has 0 unspecified atom stereocenters. The predicted octanol–water partition coefficient (Wildman–Crippen LogP) is 3.11. The van der Waals surface area contributed by atoms with E-state index in [-0.39, 0.29) is 25.5 Å². The second kappa shape index (κ2) is 7.34. The molecule has 0 saturated heterocycles. The number of benzene rings is 2. The smallest absolute Gasteiger partial charge is 0.326 e. The molecule has 130 valence electrons. The lowest BCUT2D eigenvalue weighted by Gasteiger charge is -2.16. The van der Waals surface area contributed by atoms with Gasteiger partial charge in [-0.25, -0.2) is 4.39 Å². The van der Waals surface area contributed by atoms with E-state index in [1.54, 1.807) is 25.1 Å². The summed E-state index contributed by atoms with van der Waals surface area (Å²) in [6.07, 6.45) is 0.239. The third-order valence-corrected chi connectivity index (χ3v) is 3.99. The molecule has 0 aromatic heterocycles. The number of alkyl halides is 1. The molecule has 0 aliphatic carbocycles. The van der Waals surface area contributed by atoms with Gasteiger partial charge in [0.2, 0.25) is 12.8 Å². The minimum atomic E-state index is -0.884. The van der Waals surface area contributed by atoms with Gasteiger partial charge in [-0.1, -0.05) is 18.2 Å². The highest BCUT2D eigenvalue weighted by atomic mass is 19.1. The van der Waals surface area contributed by atoms with E-state index in [1.165, 1.54) is 4.90 Å². The Morgan fingerprint density at radius 2 is 2.00 bits per heavy atom. The number of halogens is 1. The number of rotatable bonds is 6. The molecule has 0 radical (unpaired) electrons. The quantitative estimate of drug-likeness (QED) is 0.756. The van der Waals surface area contributed by atoms with Gasteiger partial charge in [-0.15, -0.1) is 0 Å². The van der Waals surface area contributed by atoms with Crippen LogP contribution in [0.15, 0.2) is 42.5 Å². The molecule has 0 atom stereocenters. The molecular formula is C19H18FNO4. The van der Waals surface area contributed by atoms with Crippen LogP contribution >= 0.6 is 0 Å². The first-order valence-electron chi connectivity index (χ1n) is 8.00. The highest BCUT2D eigenvalue weighted by molar-refractivity contribution is 6.04. The number of amides is 1. The summed E-state index contributed by atoms with van der Waals surface area (Å²) >= 11 is 0. The molecule has 0 spiro atoms. The van der Waals surface area contributed by atoms with Crippen LogP contribution in [0.25, 0.3) is 11.1 Å². The summed E-state index contributed by atoms with van der Waals surface area (Å²) in [5, 5.41) is 0. The SMILES string of the molecule is CCOC(=O)CN1C(=O)Cc2cc(-c3cccc(OCF)c3)ccc21. The second-order valence-corrected chi connectivity index (χ2v) is 5.59. The average Bonchev–Trinajstić information content (AvgIpc) is 2.90. The van der Waals surface area contributed by atoms with Crippen molar-refractivity contribution in [2.45, 2.75) is 13.3 Å². The number of anilines is 1. The molecule has 2 aromatic carbocycles. The summed E-state index contributed by atoms with van der Waals surface area (Å²) in [6.45, 7) is 1.04. The fourth-order valence-corrected chi connectivity index (χ4v) is 2.90. The van der Waals surface area contributed by atoms with E-state index in [1.807, 2.05) is 24.3 Å². The number of nitrogens with zero attached hydrogens (tertiary/aromatic N) is 1. The van der Waals surface area contributed by atoms with Crippen LogP contribution in [0.4, 0.5) is 10.1 Å². The molecule has 0 fully saturated rings. The molecule has 25 heavy (non-hydrogen) atoms. The van der Waals surface area contributed by atoms with E-state index in [4.69, 9.17) is 9.47 Å². The Bertz CT molecular complexity index is 806. The topological polar surface area (TPSA) is 55.8 Å². The zero-order chi connectivity index (χ0) is 17.8. The first-order valence-corrected chi connectivity index (χ1v) is 8.00. The van der Waals surface area contributed by atoms with Gasteiger partial charge in [-0.2, -0.15) is 0 Å². The molecule has 1 aliphatic rings. The molecule has 1 heterocycles. The molecule has 1 amide bonds. The van der Waals surface area contributed by atoms with Crippen LogP contribution in [0.2, 0.25) is 0 Å². The Labute approximate surface area is 145 Å². The highest BCUT2D eigenvalue weighted by Crippen LogP contribution is 2.33. The van der Waals surface area contributed by atoms with E-state index in [9.17, 15) is 14.0 Å². The fourth-order valence-electron chi connectivity index (χ4n) is 2.90. The van der Waals surface area contributed by atoms with Gasteiger partial charge < -0.3 is 14.4 Å². The Balaban J connectivity index is 1.86. The molecule has 3 rings (SSSR count). The standard InChI is InChI=1S/C19H18FNO4/c1-2-24-19(23)11-21-17-7-6-14(8-15(17)10-18(21)22)13-4-3-5-16(9-13)25-12-20/h3-9H,2,10-12H2,1H3. The third-order valence-electron chi connectivity index (χ3n) is 3.99. The summed E-state index contributed by atoms with van der Waals surface area (Å²) < 4.78 is 22.1. The minimum Gasteiger partial charge on any atom is -0.465 e. The number of esters is 1. The second-order valence-electron chi connectivity index (χ2n) is 5.59. The monoisotopic (exact) mass is 343 g/mol. The van der Waals surface area contributed by atoms with Gasteiger partial charge in [0.25, 0.3) is 0 Å². The summed E-state index contributed by atoms with van der Waals surface area (Å²) in [5.74, 6) is -0.112. The number of hydrogen-bond acceptors (Lipinski definition) is 4. The molecule has 2 aromatic rings. The van der Waals surface area contributed by atoms with E-state index in [0.717, 1.165) is 22.4 Å². The van der Waals surface area contributed by atoms with Crippen molar-refractivity contribution in [2.24, 2.45) is 0 Å². The Morgan fingerprint density at radius 3 is 2.76 bits per heavy atom. The zero-order valence-electron chi connectivity index (χ0n) is 13.8. The lowest BCUT2D eigenvalue weighted by atomic mass is 10.0. The summed E-state index contributed by atoms with van der Waals surface area (Å²) in [4.78, 5) is 25.3. The van der Waals surface area contributed by atoms with Gasteiger partial charge in [0, 0.05) is 5.69 Å². The average molecular weight is 343 g/mol. The molecule has 0 N–H and O–H groups in total. The van der Waals surface area contributed by atoms with Crippen molar-refractivity contribution in [3.05, 3.63) is 48.0 Å². The zero-order valence-corrected chi connectivity index (χ0v) is 13.8. The fraction of sp³-hybridized carbons (Fsp3) is 0.263. The van der Waals surface area contributed by atoms with Crippen molar-refractivity contribution >= 4 is 17.6 Å². The van der Waals surface area contributed by atoms with Crippen molar-refractivity contribution in [3.8, 4) is 16.9 Å². The van der Waals surface area contributed by atoms with Gasteiger partial charge in [0.1, 0.15) is 12.3 Å². The lowest BCUT2D eigenvalue weighted by molar-refractivity contribution is -0.142. The van der Waals surface area contributed by atoms with E-state index < -0.39 is 12.8 Å². The number of fused-ring (bicyclic) bond motifs is 1. The Kier molecular flexibility index (Phi) is 4.97. The van der Waals surface area contributed by atoms with Crippen LogP contribution in [0, 0.1) is 0 Å². The van der Waals surface area contributed by atoms with E-state index in [2.05, 4.69) is 0 Å². The van der Waals surface area contributed by atoms with Gasteiger partial charge in [0.15, 0.2) is 0 Å². The number of hydrogen-bond donors (Lipinski definition) is 0. The molecule has 5 nitrogen and oxygen atoms in total. The van der Waals surface area contributed by atoms with Crippen LogP contribution in [0.5, 0.6) is 5.75 Å². The van der Waals surface area contributed by atoms with Crippen LogP contribution in [-0.4, -0.2) is 31.9 Å². The van der Waals surface area contributed by atoms with E-state index in [0.29, 0.717) is 5.75 Å². The highest BCUT2D eigenvalue weighted by Gasteiger charge is 2.29. The molecule has 1 aliphatic heterocycles.